The zero-order valence-corrected chi connectivity index (χ0v) is 9.24. The van der Waals surface area contributed by atoms with Crippen molar-refractivity contribution < 1.29 is 9.53 Å². The highest BCUT2D eigenvalue weighted by molar-refractivity contribution is 5.69. The van der Waals surface area contributed by atoms with E-state index in [1.54, 1.807) is 13.8 Å². The van der Waals surface area contributed by atoms with Crippen LogP contribution < -0.4 is 5.56 Å². The highest BCUT2D eigenvalue weighted by Gasteiger charge is 2.07. The zero-order valence-electron chi connectivity index (χ0n) is 9.24. The first-order valence-corrected chi connectivity index (χ1v) is 4.88. The Bertz CT molecular complexity index is 420. The third-order valence-corrected chi connectivity index (χ3v) is 2.07. The second-order valence-corrected chi connectivity index (χ2v) is 3.40. The Labute approximate surface area is 88.5 Å². The molecule has 15 heavy (non-hydrogen) atoms. The van der Waals surface area contributed by atoms with E-state index in [2.05, 4.69) is 0 Å². The van der Waals surface area contributed by atoms with Crippen molar-refractivity contribution in [3.05, 3.63) is 33.7 Å². The predicted octanol–water partition coefficient (Wildman–Crippen LogP) is 1.03. The van der Waals surface area contributed by atoms with E-state index < -0.39 is 0 Å². The summed E-state index contributed by atoms with van der Waals surface area (Å²) in [7, 11) is 0. The van der Waals surface area contributed by atoms with Gasteiger partial charge in [-0.05, 0) is 32.4 Å². The van der Waals surface area contributed by atoms with Crippen molar-refractivity contribution in [2.75, 3.05) is 6.61 Å². The molecule has 0 fully saturated rings. The van der Waals surface area contributed by atoms with E-state index in [0.717, 1.165) is 11.3 Å². The summed E-state index contributed by atoms with van der Waals surface area (Å²) in [5.74, 6) is -0.383. The lowest BCUT2D eigenvalue weighted by Crippen LogP contribution is -2.26. The number of ether oxygens (including phenoxy) is 1. The number of carbonyl (C=O) groups excluding carboxylic acids is 1. The summed E-state index contributed by atoms with van der Waals surface area (Å²) in [6.45, 7) is 5.71. The Morgan fingerprint density at radius 3 is 2.60 bits per heavy atom. The Hall–Kier alpha value is -1.58. The van der Waals surface area contributed by atoms with Gasteiger partial charge in [0.05, 0.1) is 6.61 Å². The zero-order chi connectivity index (χ0) is 11.4. The van der Waals surface area contributed by atoms with Crippen molar-refractivity contribution in [2.24, 2.45) is 0 Å². The molecule has 1 heterocycles. The monoisotopic (exact) mass is 209 g/mol. The van der Waals surface area contributed by atoms with Gasteiger partial charge in [0.25, 0.3) is 5.56 Å². The molecule has 0 N–H and O–H groups in total. The van der Waals surface area contributed by atoms with Crippen molar-refractivity contribution in [3.63, 3.8) is 0 Å². The molecule has 0 spiro atoms. The second-order valence-electron chi connectivity index (χ2n) is 3.40. The molecule has 0 bridgehead atoms. The average molecular weight is 209 g/mol. The van der Waals surface area contributed by atoms with Crippen molar-refractivity contribution in [1.82, 2.24) is 4.57 Å². The number of nitrogens with zero attached hydrogens (tertiary/aromatic N) is 1. The molecule has 0 saturated carbocycles. The third kappa shape index (κ3) is 2.94. The Morgan fingerprint density at radius 1 is 1.40 bits per heavy atom. The molecule has 4 heteroatoms. The van der Waals surface area contributed by atoms with Gasteiger partial charge in [-0.2, -0.15) is 0 Å². The van der Waals surface area contributed by atoms with Crippen LogP contribution in [0.15, 0.2) is 16.9 Å². The van der Waals surface area contributed by atoms with Gasteiger partial charge in [-0.25, -0.2) is 0 Å². The van der Waals surface area contributed by atoms with E-state index in [-0.39, 0.29) is 18.1 Å². The highest BCUT2D eigenvalue weighted by atomic mass is 16.5. The number of hydrogen-bond acceptors (Lipinski definition) is 3. The highest BCUT2D eigenvalue weighted by Crippen LogP contribution is 1.99. The van der Waals surface area contributed by atoms with Gasteiger partial charge < -0.3 is 9.30 Å². The standard InChI is InChI=1S/C11H15NO3/c1-4-15-11(14)7-12-9(3)5-8(2)6-10(12)13/h5-6H,4,7H2,1-3H3. The summed E-state index contributed by atoms with van der Waals surface area (Å²) in [4.78, 5) is 22.8. The van der Waals surface area contributed by atoms with Crippen molar-refractivity contribution in [2.45, 2.75) is 27.3 Å². The Balaban J connectivity index is 2.95. The van der Waals surface area contributed by atoms with Gasteiger partial charge in [0.15, 0.2) is 0 Å². The van der Waals surface area contributed by atoms with Crippen LogP contribution in [0, 0.1) is 13.8 Å². The first-order chi connectivity index (χ1) is 7.04. The summed E-state index contributed by atoms with van der Waals surface area (Å²) in [6, 6.07) is 3.37. The van der Waals surface area contributed by atoms with Crippen LogP contribution in [0.2, 0.25) is 0 Å². The molecular weight excluding hydrogens is 194 g/mol. The third-order valence-electron chi connectivity index (χ3n) is 2.07. The van der Waals surface area contributed by atoms with Gasteiger partial charge in [0.1, 0.15) is 6.54 Å². The van der Waals surface area contributed by atoms with Crippen molar-refractivity contribution >= 4 is 5.97 Å². The maximum Gasteiger partial charge on any atom is 0.326 e. The predicted molar refractivity (Wildman–Crippen MR) is 56.8 cm³/mol. The quantitative estimate of drug-likeness (QED) is 0.698. The summed E-state index contributed by atoms with van der Waals surface area (Å²) in [6.07, 6.45) is 0. The number of aromatic nitrogens is 1. The van der Waals surface area contributed by atoms with Crippen molar-refractivity contribution in [1.29, 1.82) is 0 Å². The summed E-state index contributed by atoms with van der Waals surface area (Å²) >= 11 is 0. The topological polar surface area (TPSA) is 48.3 Å². The van der Waals surface area contributed by atoms with Crippen LogP contribution in [-0.2, 0) is 16.1 Å². The van der Waals surface area contributed by atoms with Gasteiger partial charge in [0, 0.05) is 11.8 Å². The number of rotatable bonds is 3. The fourth-order valence-corrected chi connectivity index (χ4v) is 1.43. The number of hydrogen-bond donors (Lipinski definition) is 0. The van der Waals surface area contributed by atoms with Crippen LogP contribution in [0.1, 0.15) is 18.2 Å². The number of esters is 1. The molecule has 82 valence electrons. The lowest BCUT2D eigenvalue weighted by Gasteiger charge is -2.09. The largest absolute Gasteiger partial charge is 0.465 e. The molecule has 1 rings (SSSR count). The summed E-state index contributed by atoms with van der Waals surface area (Å²) < 4.78 is 6.20. The van der Waals surface area contributed by atoms with Crippen molar-refractivity contribution in [3.8, 4) is 0 Å². The van der Waals surface area contributed by atoms with Gasteiger partial charge in [-0.3, -0.25) is 9.59 Å². The molecule has 0 radical (unpaired) electrons. The lowest BCUT2D eigenvalue weighted by molar-refractivity contribution is -0.143. The molecule has 1 aromatic rings. The molecular formula is C11H15NO3. The Kier molecular flexibility index (Phi) is 3.66. The fraction of sp³-hybridized carbons (Fsp3) is 0.455. The Morgan fingerprint density at radius 2 is 2.07 bits per heavy atom. The normalized spacial score (nSPS) is 10.1. The van der Waals surface area contributed by atoms with Gasteiger partial charge in [0.2, 0.25) is 0 Å². The van der Waals surface area contributed by atoms with Crippen LogP contribution in [0.25, 0.3) is 0 Å². The second kappa shape index (κ2) is 4.77. The molecule has 0 saturated heterocycles. The smallest absolute Gasteiger partial charge is 0.326 e. The van der Waals surface area contributed by atoms with Crippen LogP contribution in [0.5, 0.6) is 0 Å². The molecule has 0 amide bonds. The maximum atomic E-state index is 11.6. The van der Waals surface area contributed by atoms with E-state index in [0.29, 0.717) is 6.61 Å². The first-order valence-electron chi connectivity index (χ1n) is 4.88. The van der Waals surface area contributed by atoms with Gasteiger partial charge in [-0.15, -0.1) is 0 Å². The number of aryl methyl sites for hydroxylation is 2. The van der Waals surface area contributed by atoms with E-state index in [1.165, 1.54) is 10.6 Å². The SMILES string of the molecule is CCOC(=O)Cn1c(C)cc(C)cc1=O. The van der Waals surface area contributed by atoms with Crippen LogP contribution >= 0.6 is 0 Å². The first kappa shape index (κ1) is 11.5. The average Bonchev–Trinajstić information content (AvgIpc) is 2.11. The van der Waals surface area contributed by atoms with E-state index in [9.17, 15) is 9.59 Å². The van der Waals surface area contributed by atoms with E-state index >= 15 is 0 Å². The van der Waals surface area contributed by atoms with Gasteiger partial charge >= 0.3 is 5.97 Å². The molecule has 0 atom stereocenters. The van der Waals surface area contributed by atoms with Crippen LogP contribution in [-0.4, -0.2) is 17.1 Å². The van der Waals surface area contributed by atoms with E-state index in [4.69, 9.17) is 4.74 Å². The molecule has 0 aliphatic rings. The number of pyridine rings is 1. The molecule has 0 aromatic carbocycles. The molecule has 0 unspecified atom stereocenters. The van der Waals surface area contributed by atoms with Gasteiger partial charge in [-0.1, -0.05) is 0 Å². The minimum absolute atomic E-state index is 0.0151. The fourth-order valence-electron chi connectivity index (χ4n) is 1.43. The summed E-state index contributed by atoms with van der Waals surface area (Å²) in [5, 5.41) is 0. The van der Waals surface area contributed by atoms with E-state index in [1.807, 2.05) is 13.0 Å². The molecule has 1 aromatic heterocycles. The molecule has 0 aliphatic heterocycles. The summed E-state index contributed by atoms with van der Waals surface area (Å²) in [5.41, 5.74) is 1.51. The molecule has 4 nitrogen and oxygen atoms in total. The minimum Gasteiger partial charge on any atom is -0.465 e. The maximum absolute atomic E-state index is 11.6. The molecule has 0 aliphatic carbocycles. The van der Waals surface area contributed by atoms with Crippen LogP contribution in [0.3, 0.4) is 0 Å². The van der Waals surface area contributed by atoms with Crippen LogP contribution in [0.4, 0.5) is 0 Å². The lowest BCUT2D eigenvalue weighted by atomic mass is 10.2. The minimum atomic E-state index is -0.383. The number of carbonyl (C=O) groups is 1.